The smallest absolute Gasteiger partial charge is 0.320 e. The van der Waals surface area contributed by atoms with E-state index in [4.69, 9.17) is 0 Å². The van der Waals surface area contributed by atoms with Crippen LogP contribution in [0.25, 0.3) is 0 Å². The summed E-state index contributed by atoms with van der Waals surface area (Å²) >= 11 is 0. The van der Waals surface area contributed by atoms with Crippen LogP contribution >= 0.6 is 0 Å². The van der Waals surface area contributed by atoms with Crippen molar-refractivity contribution < 1.29 is 4.79 Å². The highest BCUT2D eigenvalue weighted by Crippen LogP contribution is 2.15. The maximum Gasteiger partial charge on any atom is 0.322 e. The Morgan fingerprint density at radius 3 is 2.38 bits per heavy atom. The fourth-order valence-corrected chi connectivity index (χ4v) is 1.55. The van der Waals surface area contributed by atoms with E-state index in [2.05, 4.69) is 10.3 Å². The Hall–Kier alpha value is -1.58. The lowest BCUT2D eigenvalue weighted by Crippen LogP contribution is -2.47. The van der Waals surface area contributed by atoms with Crippen molar-refractivity contribution >= 4 is 11.7 Å². The van der Waals surface area contributed by atoms with Crippen molar-refractivity contribution in [1.82, 2.24) is 9.88 Å². The molecule has 4 heteroatoms. The highest BCUT2D eigenvalue weighted by atomic mass is 16.2. The first-order valence-electron chi connectivity index (χ1n) is 5.44. The number of carbonyl (C=O) groups is 1. The Morgan fingerprint density at radius 2 is 1.94 bits per heavy atom. The van der Waals surface area contributed by atoms with Gasteiger partial charge in [-0.3, -0.25) is 4.98 Å². The van der Waals surface area contributed by atoms with Gasteiger partial charge in [0.05, 0.1) is 0 Å². The van der Waals surface area contributed by atoms with Gasteiger partial charge < -0.3 is 10.2 Å². The number of aromatic nitrogens is 1. The van der Waals surface area contributed by atoms with Crippen LogP contribution in [0.4, 0.5) is 10.5 Å². The Kier molecular flexibility index (Phi) is 3.88. The van der Waals surface area contributed by atoms with Gasteiger partial charge in [-0.15, -0.1) is 0 Å². The number of pyridine rings is 1. The predicted octanol–water partition coefficient (Wildman–Crippen LogP) is 2.73. The molecule has 0 aliphatic carbocycles. The zero-order valence-electron chi connectivity index (χ0n) is 10.3. The standard InChI is InChI=1S/C12H19N3O/c1-5-15(12(2,3)4)11(16)14-10-6-8-13-9-7-10/h6-9H,5H2,1-4H3,(H,13,14,16). The number of nitrogens with one attached hydrogen (secondary N) is 1. The van der Waals surface area contributed by atoms with E-state index >= 15 is 0 Å². The maximum absolute atomic E-state index is 12.0. The lowest BCUT2D eigenvalue weighted by atomic mass is 10.1. The van der Waals surface area contributed by atoms with Gasteiger partial charge in [-0.2, -0.15) is 0 Å². The van der Waals surface area contributed by atoms with Crippen LogP contribution in [0.5, 0.6) is 0 Å². The number of carbonyl (C=O) groups excluding carboxylic acids is 1. The van der Waals surface area contributed by atoms with Crippen LogP contribution in [0, 0.1) is 0 Å². The lowest BCUT2D eigenvalue weighted by Gasteiger charge is -2.34. The van der Waals surface area contributed by atoms with Crippen LogP contribution in [0.2, 0.25) is 0 Å². The number of nitrogens with zero attached hydrogens (tertiary/aromatic N) is 2. The van der Waals surface area contributed by atoms with Crippen molar-refractivity contribution in [3.05, 3.63) is 24.5 Å². The second-order valence-corrected chi connectivity index (χ2v) is 4.58. The van der Waals surface area contributed by atoms with Gasteiger partial charge in [0.15, 0.2) is 0 Å². The molecule has 1 heterocycles. The second kappa shape index (κ2) is 4.96. The van der Waals surface area contributed by atoms with E-state index in [9.17, 15) is 4.79 Å². The largest absolute Gasteiger partial charge is 0.322 e. The van der Waals surface area contributed by atoms with Gasteiger partial charge >= 0.3 is 6.03 Å². The molecule has 4 nitrogen and oxygen atoms in total. The number of rotatable bonds is 2. The molecule has 0 aliphatic rings. The molecule has 0 atom stereocenters. The quantitative estimate of drug-likeness (QED) is 0.834. The van der Waals surface area contributed by atoms with E-state index in [0.717, 1.165) is 5.69 Å². The fourth-order valence-electron chi connectivity index (χ4n) is 1.55. The van der Waals surface area contributed by atoms with Gasteiger partial charge in [-0.05, 0) is 39.8 Å². The number of amides is 2. The van der Waals surface area contributed by atoms with Gasteiger partial charge in [0.2, 0.25) is 0 Å². The number of hydrogen-bond donors (Lipinski definition) is 1. The van der Waals surface area contributed by atoms with Gasteiger partial charge in [-0.25, -0.2) is 4.79 Å². The summed E-state index contributed by atoms with van der Waals surface area (Å²) in [5.41, 5.74) is 0.592. The summed E-state index contributed by atoms with van der Waals surface area (Å²) in [6, 6.07) is 3.46. The molecule has 0 spiro atoms. The fraction of sp³-hybridized carbons (Fsp3) is 0.500. The molecule has 0 fully saturated rings. The first kappa shape index (κ1) is 12.5. The van der Waals surface area contributed by atoms with Crippen molar-refractivity contribution in [2.75, 3.05) is 11.9 Å². The minimum Gasteiger partial charge on any atom is -0.320 e. The zero-order valence-corrected chi connectivity index (χ0v) is 10.3. The van der Waals surface area contributed by atoms with Gasteiger partial charge in [0.25, 0.3) is 0 Å². The molecule has 2 amide bonds. The van der Waals surface area contributed by atoms with E-state index < -0.39 is 0 Å². The minimum absolute atomic E-state index is 0.0822. The van der Waals surface area contributed by atoms with Crippen molar-refractivity contribution in [1.29, 1.82) is 0 Å². The molecule has 0 aromatic carbocycles. The van der Waals surface area contributed by atoms with Gasteiger partial charge in [0, 0.05) is 30.2 Å². The normalized spacial score (nSPS) is 11.0. The molecule has 0 saturated carbocycles. The third-order valence-electron chi connectivity index (χ3n) is 2.30. The summed E-state index contributed by atoms with van der Waals surface area (Å²) in [6.45, 7) is 8.70. The molecular weight excluding hydrogens is 202 g/mol. The summed E-state index contributed by atoms with van der Waals surface area (Å²) in [6.07, 6.45) is 3.31. The average Bonchev–Trinajstić information content (AvgIpc) is 2.17. The van der Waals surface area contributed by atoms with Crippen LogP contribution < -0.4 is 5.32 Å². The molecule has 1 rings (SSSR count). The van der Waals surface area contributed by atoms with E-state index in [0.29, 0.717) is 6.54 Å². The third kappa shape index (κ3) is 3.22. The first-order valence-corrected chi connectivity index (χ1v) is 5.44. The molecule has 1 aromatic rings. The first-order chi connectivity index (χ1) is 7.45. The predicted molar refractivity (Wildman–Crippen MR) is 65.4 cm³/mol. The molecule has 16 heavy (non-hydrogen) atoms. The summed E-state index contributed by atoms with van der Waals surface area (Å²) in [5.74, 6) is 0. The van der Waals surface area contributed by atoms with Crippen LogP contribution in [-0.4, -0.2) is 28.0 Å². The summed E-state index contributed by atoms with van der Waals surface area (Å²) in [5, 5.41) is 2.85. The average molecular weight is 221 g/mol. The van der Waals surface area contributed by atoms with Crippen molar-refractivity contribution in [3.8, 4) is 0 Å². The Morgan fingerprint density at radius 1 is 1.38 bits per heavy atom. The number of hydrogen-bond acceptors (Lipinski definition) is 2. The SMILES string of the molecule is CCN(C(=O)Nc1ccncc1)C(C)(C)C. The van der Waals surface area contributed by atoms with Gasteiger partial charge in [-0.1, -0.05) is 0 Å². The lowest BCUT2D eigenvalue weighted by molar-refractivity contribution is 0.162. The topological polar surface area (TPSA) is 45.2 Å². The molecule has 0 saturated heterocycles. The molecule has 0 aliphatic heterocycles. The Bertz CT molecular complexity index is 343. The zero-order chi connectivity index (χ0) is 12.2. The summed E-state index contributed by atoms with van der Waals surface area (Å²) in [4.78, 5) is 17.7. The molecule has 0 radical (unpaired) electrons. The number of urea groups is 1. The minimum atomic E-state index is -0.175. The van der Waals surface area contributed by atoms with E-state index in [1.807, 2.05) is 27.7 Å². The van der Waals surface area contributed by atoms with E-state index in [-0.39, 0.29) is 11.6 Å². The van der Waals surface area contributed by atoms with Crippen LogP contribution in [0.1, 0.15) is 27.7 Å². The molecule has 1 aromatic heterocycles. The molecule has 0 unspecified atom stereocenters. The molecule has 0 bridgehead atoms. The Labute approximate surface area is 96.7 Å². The molecule has 1 N–H and O–H groups in total. The van der Waals surface area contributed by atoms with Gasteiger partial charge in [0.1, 0.15) is 0 Å². The summed E-state index contributed by atoms with van der Waals surface area (Å²) < 4.78 is 0. The third-order valence-corrected chi connectivity index (χ3v) is 2.30. The van der Waals surface area contributed by atoms with E-state index in [1.54, 1.807) is 29.4 Å². The number of anilines is 1. The highest BCUT2D eigenvalue weighted by Gasteiger charge is 2.24. The van der Waals surface area contributed by atoms with Crippen LogP contribution in [0.3, 0.4) is 0 Å². The second-order valence-electron chi connectivity index (χ2n) is 4.58. The summed E-state index contributed by atoms with van der Waals surface area (Å²) in [7, 11) is 0. The van der Waals surface area contributed by atoms with Crippen LogP contribution in [0.15, 0.2) is 24.5 Å². The monoisotopic (exact) mass is 221 g/mol. The van der Waals surface area contributed by atoms with Crippen LogP contribution in [-0.2, 0) is 0 Å². The Balaban J connectivity index is 2.71. The van der Waals surface area contributed by atoms with Crippen molar-refractivity contribution in [2.24, 2.45) is 0 Å². The highest BCUT2D eigenvalue weighted by molar-refractivity contribution is 5.89. The van der Waals surface area contributed by atoms with E-state index in [1.165, 1.54) is 0 Å². The maximum atomic E-state index is 12.0. The molecular formula is C12H19N3O. The van der Waals surface area contributed by atoms with Crippen molar-refractivity contribution in [2.45, 2.75) is 33.2 Å². The van der Waals surface area contributed by atoms with Crippen molar-refractivity contribution in [3.63, 3.8) is 0 Å². The molecule has 88 valence electrons.